The summed E-state index contributed by atoms with van der Waals surface area (Å²) in [7, 11) is 0. The number of halogens is 3. The molecule has 1 heterocycles. The standard InChI is InChI=1S/C13H15F3N4O/c1-9-4-2-3-5-10(9)6-12-17-19-20(18-12)8-11(21)7-13(14,15)16/h2-5,11,21H,6-8H2,1H3. The fraction of sp³-hybridized carbons (Fsp3) is 0.462. The zero-order chi connectivity index (χ0) is 15.5. The number of hydrogen-bond acceptors (Lipinski definition) is 4. The number of tetrazole rings is 1. The minimum Gasteiger partial charge on any atom is -0.391 e. The lowest BCUT2D eigenvalue weighted by molar-refractivity contribution is -0.155. The molecule has 1 unspecified atom stereocenters. The number of aryl methyl sites for hydroxylation is 1. The number of benzene rings is 1. The van der Waals surface area contributed by atoms with E-state index in [2.05, 4.69) is 15.4 Å². The molecule has 0 spiro atoms. The van der Waals surface area contributed by atoms with E-state index < -0.39 is 18.7 Å². The maximum Gasteiger partial charge on any atom is 0.391 e. The number of alkyl halides is 3. The molecule has 0 aliphatic rings. The van der Waals surface area contributed by atoms with E-state index in [-0.39, 0.29) is 6.54 Å². The normalized spacial score (nSPS) is 13.4. The van der Waals surface area contributed by atoms with Gasteiger partial charge < -0.3 is 5.11 Å². The molecule has 0 fully saturated rings. The first-order valence-corrected chi connectivity index (χ1v) is 6.39. The third-order valence-corrected chi connectivity index (χ3v) is 2.95. The van der Waals surface area contributed by atoms with Crippen molar-refractivity contribution >= 4 is 0 Å². The second kappa shape index (κ2) is 6.21. The van der Waals surface area contributed by atoms with Crippen molar-refractivity contribution in [3.05, 3.63) is 41.2 Å². The zero-order valence-corrected chi connectivity index (χ0v) is 11.4. The quantitative estimate of drug-likeness (QED) is 0.916. The molecule has 5 nitrogen and oxygen atoms in total. The summed E-state index contributed by atoms with van der Waals surface area (Å²) in [5.41, 5.74) is 2.10. The molecule has 0 bridgehead atoms. The van der Waals surface area contributed by atoms with Crippen LogP contribution in [0.4, 0.5) is 13.2 Å². The highest BCUT2D eigenvalue weighted by atomic mass is 19.4. The van der Waals surface area contributed by atoms with Crippen molar-refractivity contribution in [2.24, 2.45) is 0 Å². The van der Waals surface area contributed by atoms with Crippen LogP contribution in [0, 0.1) is 6.92 Å². The second-order valence-electron chi connectivity index (χ2n) is 4.84. The van der Waals surface area contributed by atoms with Gasteiger partial charge in [0, 0.05) is 6.42 Å². The molecule has 1 atom stereocenters. The number of rotatable bonds is 5. The van der Waals surface area contributed by atoms with Gasteiger partial charge in [-0.3, -0.25) is 0 Å². The third-order valence-electron chi connectivity index (χ3n) is 2.95. The molecule has 0 amide bonds. The Hall–Kier alpha value is -1.96. The molecule has 21 heavy (non-hydrogen) atoms. The van der Waals surface area contributed by atoms with E-state index in [4.69, 9.17) is 0 Å². The number of aliphatic hydroxyl groups excluding tert-OH is 1. The molecule has 1 aromatic heterocycles. The van der Waals surface area contributed by atoms with E-state index in [0.717, 1.165) is 15.9 Å². The summed E-state index contributed by atoms with van der Waals surface area (Å²) in [5, 5.41) is 20.8. The first-order chi connectivity index (χ1) is 9.83. The van der Waals surface area contributed by atoms with E-state index in [0.29, 0.717) is 12.2 Å². The molecule has 0 radical (unpaired) electrons. The first-order valence-electron chi connectivity index (χ1n) is 6.39. The molecule has 8 heteroatoms. The minimum absolute atomic E-state index is 0.333. The Labute approximate surface area is 119 Å². The van der Waals surface area contributed by atoms with Crippen LogP contribution >= 0.6 is 0 Å². The monoisotopic (exact) mass is 300 g/mol. The Morgan fingerprint density at radius 3 is 2.67 bits per heavy atom. The first kappa shape index (κ1) is 15.4. The predicted molar refractivity (Wildman–Crippen MR) is 68.5 cm³/mol. The fourth-order valence-corrected chi connectivity index (χ4v) is 1.92. The Kier molecular flexibility index (Phi) is 4.56. The number of hydrogen-bond donors (Lipinski definition) is 1. The highest BCUT2D eigenvalue weighted by Crippen LogP contribution is 2.21. The summed E-state index contributed by atoms with van der Waals surface area (Å²) in [5.74, 6) is 0.406. The van der Waals surface area contributed by atoms with Crippen molar-refractivity contribution in [1.29, 1.82) is 0 Å². The summed E-state index contributed by atoms with van der Waals surface area (Å²) in [6, 6.07) is 7.68. The van der Waals surface area contributed by atoms with Gasteiger partial charge in [-0.05, 0) is 23.3 Å². The maximum atomic E-state index is 12.1. The van der Waals surface area contributed by atoms with Crippen LogP contribution in [0.25, 0.3) is 0 Å². The van der Waals surface area contributed by atoms with Crippen LogP contribution < -0.4 is 0 Å². The van der Waals surface area contributed by atoms with Crippen molar-refractivity contribution in [2.45, 2.75) is 38.6 Å². The van der Waals surface area contributed by atoms with Gasteiger partial charge in [-0.2, -0.15) is 18.0 Å². The third kappa shape index (κ3) is 4.82. The van der Waals surface area contributed by atoms with E-state index in [9.17, 15) is 18.3 Å². The van der Waals surface area contributed by atoms with Gasteiger partial charge in [0.05, 0.1) is 19.1 Å². The van der Waals surface area contributed by atoms with Gasteiger partial charge in [0.1, 0.15) is 0 Å². The smallest absolute Gasteiger partial charge is 0.391 e. The lowest BCUT2D eigenvalue weighted by Crippen LogP contribution is -2.25. The molecule has 114 valence electrons. The summed E-state index contributed by atoms with van der Waals surface area (Å²) < 4.78 is 36.4. The van der Waals surface area contributed by atoms with Crippen LogP contribution in [-0.4, -0.2) is 37.6 Å². The summed E-state index contributed by atoms with van der Waals surface area (Å²) >= 11 is 0. The predicted octanol–water partition coefficient (Wildman–Crippen LogP) is 1.89. The molecule has 1 aromatic carbocycles. The molecule has 2 rings (SSSR count). The molecular weight excluding hydrogens is 285 g/mol. The van der Waals surface area contributed by atoms with Gasteiger partial charge >= 0.3 is 6.18 Å². The Morgan fingerprint density at radius 1 is 1.29 bits per heavy atom. The SMILES string of the molecule is Cc1ccccc1Cc1nnn(CC(O)CC(F)(F)F)n1. The van der Waals surface area contributed by atoms with Gasteiger partial charge in [-0.1, -0.05) is 24.3 Å². The van der Waals surface area contributed by atoms with E-state index in [1.54, 1.807) is 0 Å². The van der Waals surface area contributed by atoms with E-state index in [1.807, 2.05) is 31.2 Å². The van der Waals surface area contributed by atoms with Crippen LogP contribution in [-0.2, 0) is 13.0 Å². The van der Waals surface area contributed by atoms with Gasteiger partial charge in [0.2, 0.25) is 0 Å². The topological polar surface area (TPSA) is 63.8 Å². The molecule has 2 aromatic rings. The fourth-order valence-electron chi connectivity index (χ4n) is 1.92. The van der Waals surface area contributed by atoms with E-state index >= 15 is 0 Å². The average Bonchev–Trinajstić information content (AvgIpc) is 2.77. The largest absolute Gasteiger partial charge is 0.391 e. The van der Waals surface area contributed by atoms with Gasteiger partial charge in [0.15, 0.2) is 5.82 Å². The van der Waals surface area contributed by atoms with Crippen LogP contribution in [0.5, 0.6) is 0 Å². The molecule has 0 aliphatic heterocycles. The minimum atomic E-state index is -4.41. The highest BCUT2D eigenvalue weighted by Gasteiger charge is 2.31. The molecule has 0 saturated heterocycles. The summed E-state index contributed by atoms with van der Waals surface area (Å²) in [6.45, 7) is 1.62. The Morgan fingerprint density at radius 2 is 2.00 bits per heavy atom. The van der Waals surface area contributed by atoms with Crippen molar-refractivity contribution in [3.63, 3.8) is 0 Å². The Balaban J connectivity index is 1.97. The summed E-state index contributed by atoms with van der Waals surface area (Å²) in [6.07, 6.45) is -6.83. The van der Waals surface area contributed by atoms with Crippen molar-refractivity contribution < 1.29 is 18.3 Å². The molecular formula is C13H15F3N4O. The van der Waals surface area contributed by atoms with Gasteiger partial charge in [-0.25, -0.2) is 0 Å². The Bertz CT molecular complexity index is 597. The second-order valence-corrected chi connectivity index (χ2v) is 4.84. The maximum absolute atomic E-state index is 12.1. The molecule has 1 N–H and O–H groups in total. The van der Waals surface area contributed by atoms with E-state index in [1.165, 1.54) is 0 Å². The lowest BCUT2D eigenvalue weighted by Gasteiger charge is -2.11. The van der Waals surface area contributed by atoms with Crippen LogP contribution in [0.2, 0.25) is 0 Å². The van der Waals surface area contributed by atoms with Crippen molar-refractivity contribution in [1.82, 2.24) is 20.2 Å². The molecule has 0 saturated carbocycles. The number of nitrogens with zero attached hydrogens (tertiary/aromatic N) is 4. The van der Waals surface area contributed by atoms with Crippen molar-refractivity contribution in [3.8, 4) is 0 Å². The number of aromatic nitrogens is 4. The average molecular weight is 300 g/mol. The van der Waals surface area contributed by atoms with Gasteiger partial charge in [-0.15, -0.1) is 10.2 Å². The van der Waals surface area contributed by atoms with Crippen molar-refractivity contribution in [2.75, 3.05) is 0 Å². The zero-order valence-electron chi connectivity index (χ0n) is 11.4. The molecule has 0 aliphatic carbocycles. The summed E-state index contributed by atoms with van der Waals surface area (Å²) in [4.78, 5) is 0.990. The number of aliphatic hydroxyl groups is 1. The van der Waals surface area contributed by atoms with Gasteiger partial charge in [0.25, 0.3) is 0 Å². The lowest BCUT2D eigenvalue weighted by atomic mass is 10.1. The van der Waals surface area contributed by atoms with Crippen LogP contribution in [0.3, 0.4) is 0 Å². The van der Waals surface area contributed by atoms with Crippen LogP contribution in [0.1, 0.15) is 23.4 Å². The van der Waals surface area contributed by atoms with Crippen LogP contribution in [0.15, 0.2) is 24.3 Å². The highest BCUT2D eigenvalue weighted by molar-refractivity contribution is 5.27.